The molecule has 2 nitrogen and oxygen atoms in total. The van der Waals surface area contributed by atoms with Gasteiger partial charge in [0.15, 0.2) is 5.76 Å². The van der Waals surface area contributed by atoms with Crippen molar-refractivity contribution in [3.05, 3.63) is 48.2 Å². The zero-order valence-electron chi connectivity index (χ0n) is 10.8. The van der Waals surface area contributed by atoms with Gasteiger partial charge in [0, 0.05) is 18.7 Å². The summed E-state index contributed by atoms with van der Waals surface area (Å²) in [5.74, 6) is 1.70. The lowest BCUT2D eigenvalue weighted by Gasteiger charge is -2.27. The monoisotopic (exact) mass is 271 g/mol. The van der Waals surface area contributed by atoms with Gasteiger partial charge in [-0.2, -0.15) is 0 Å². The second kappa shape index (κ2) is 5.57. The third kappa shape index (κ3) is 2.71. The lowest BCUT2D eigenvalue weighted by atomic mass is 10.1. The fraction of sp³-hybridized carbons (Fsp3) is 0.312. The van der Waals surface area contributed by atoms with Crippen molar-refractivity contribution in [2.75, 3.05) is 13.1 Å². The molecule has 1 fully saturated rings. The Bertz CT molecular complexity index is 555. The molecule has 2 aromatic rings. The van der Waals surface area contributed by atoms with Crippen molar-refractivity contribution < 1.29 is 4.42 Å². The SMILES string of the molecule is S=C(c1ccc(-c2ccccc2)o1)N1CCCCC1. The van der Waals surface area contributed by atoms with Crippen LogP contribution < -0.4 is 0 Å². The van der Waals surface area contributed by atoms with E-state index in [2.05, 4.69) is 4.90 Å². The van der Waals surface area contributed by atoms with Crippen LogP contribution in [0.1, 0.15) is 25.0 Å². The molecule has 0 amide bonds. The van der Waals surface area contributed by atoms with Crippen LogP contribution in [-0.2, 0) is 0 Å². The predicted molar refractivity (Wildman–Crippen MR) is 81.3 cm³/mol. The van der Waals surface area contributed by atoms with Gasteiger partial charge >= 0.3 is 0 Å². The molecule has 1 aliphatic rings. The van der Waals surface area contributed by atoms with Gasteiger partial charge in [-0.1, -0.05) is 42.5 Å². The van der Waals surface area contributed by atoms with Gasteiger partial charge in [0.05, 0.1) is 0 Å². The summed E-state index contributed by atoms with van der Waals surface area (Å²) in [5.41, 5.74) is 1.09. The van der Waals surface area contributed by atoms with Crippen LogP contribution >= 0.6 is 12.2 Å². The Morgan fingerprint density at radius 2 is 1.68 bits per heavy atom. The summed E-state index contributed by atoms with van der Waals surface area (Å²) >= 11 is 5.54. The molecule has 0 saturated carbocycles. The molecule has 1 aliphatic heterocycles. The number of benzene rings is 1. The minimum Gasteiger partial charge on any atom is -0.454 e. The number of hydrogen-bond acceptors (Lipinski definition) is 2. The molecule has 98 valence electrons. The fourth-order valence-corrected chi connectivity index (χ4v) is 2.76. The van der Waals surface area contributed by atoms with Crippen molar-refractivity contribution in [1.82, 2.24) is 4.90 Å². The summed E-state index contributed by atoms with van der Waals surface area (Å²) in [6, 6.07) is 14.1. The Kier molecular flexibility index (Phi) is 3.65. The van der Waals surface area contributed by atoms with Crippen LogP contribution in [0.25, 0.3) is 11.3 Å². The first-order valence-corrected chi connectivity index (χ1v) is 7.20. The van der Waals surface area contributed by atoms with Crippen LogP contribution in [-0.4, -0.2) is 23.0 Å². The minimum atomic E-state index is 0.816. The molecule has 2 heterocycles. The molecule has 3 heteroatoms. The highest BCUT2D eigenvalue weighted by Gasteiger charge is 2.17. The molecule has 3 rings (SSSR count). The summed E-state index contributed by atoms with van der Waals surface area (Å²) in [6.07, 6.45) is 3.77. The first kappa shape index (κ1) is 12.4. The van der Waals surface area contributed by atoms with Gasteiger partial charge in [0.1, 0.15) is 10.7 Å². The number of rotatable bonds is 2. The Morgan fingerprint density at radius 1 is 0.947 bits per heavy atom. The molecule has 1 saturated heterocycles. The topological polar surface area (TPSA) is 16.4 Å². The Balaban J connectivity index is 1.79. The van der Waals surface area contributed by atoms with Gasteiger partial charge < -0.3 is 9.32 Å². The molecular formula is C16H17NOS. The fourth-order valence-electron chi connectivity index (χ4n) is 2.46. The summed E-state index contributed by atoms with van der Waals surface area (Å²) in [4.78, 5) is 3.11. The number of furan rings is 1. The van der Waals surface area contributed by atoms with Gasteiger partial charge in [-0.3, -0.25) is 0 Å². The Labute approximate surface area is 119 Å². The molecule has 0 atom stereocenters. The maximum Gasteiger partial charge on any atom is 0.162 e. The Hall–Kier alpha value is -1.61. The summed E-state index contributed by atoms with van der Waals surface area (Å²) in [6.45, 7) is 2.11. The molecule has 0 N–H and O–H groups in total. The molecule has 19 heavy (non-hydrogen) atoms. The van der Waals surface area contributed by atoms with E-state index in [1.54, 1.807) is 0 Å². The Morgan fingerprint density at radius 3 is 2.42 bits per heavy atom. The summed E-state index contributed by atoms with van der Waals surface area (Å²) in [5, 5.41) is 0. The molecular weight excluding hydrogens is 254 g/mol. The van der Waals surface area contributed by atoms with E-state index in [0.29, 0.717) is 0 Å². The van der Waals surface area contributed by atoms with Crippen molar-refractivity contribution >= 4 is 17.2 Å². The number of nitrogens with zero attached hydrogens (tertiary/aromatic N) is 1. The molecule has 0 radical (unpaired) electrons. The van der Waals surface area contributed by atoms with Gasteiger partial charge in [0.25, 0.3) is 0 Å². The van der Waals surface area contributed by atoms with E-state index in [1.165, 1.54) is 19.3 Å². The van der Waals surface area contributed by atoms with E-state index >= 15 is 0 Å². The lowest BCUT2D eigenvalue weighted by Crippen LogP contribution is -2.34. The maximum absolute atomic E-state index is 5.90. The quantitative estimate of drug-likeness (QED) is 0.765. The molecule has 0 bridgehead atoms. The van der Waals surface area contributed by atoms with Crippen molar-refractivity contribution in [3.8, 4) is 11.3 Å². The predicted octanol–water partition coefficient (Wildman–Crippen LogP) is 4.11. The van der Waals surface area contributed by atoms with E-state index in [4.69, 9.17) is 16.6 Å². The molecule has 1 aromatic heterocycles. The van der Waals surface area contributed by atoms with Crippen molar-refractivity contribution in [3.63, 3.8) is 0 Å². The smallest absolute Gasteiger partial charge is 0.162 e. The van der Waals surface area contributed by atoms with E-state index < -0.39 is 0 Å². The summed E-state index contributed by atoms with van der Waals surface area (Å²) < 4.78 is 5.90. The number of hydrogen-bond donors (Lipinski definition) is 0. The normalized spacial score (nSPS) is 15.5. The van der Waals surface area contributed by atoms with E-state index in [0.717, 1.165) is 35.2 Å². The van der Waals surface area contributed by atoms with Gasteiger partial charge in [-0.05, 0) is 31.4 Å². The van der Waals surface area contributed by atoms with Gasteiger partial charge in [-0.15, -0.1) is 0 Å². The van der Waals surface area contributed by atoms with Crippen LogP contribution in [0.4, 0.5) is 0 Å². The zero-order chi connectivity index (χ0) is 13.1. The minimum absolute atomic E-state index is 0.816. The van der Waals surface area contributed by atoms with Crippen LogP contribution in [0.2, 0.25) is 0 Å². The highest BCUT2D eigenvalue weighted by atomic mass is 32.1. The third-order valence-electron chi connectivity index (χ3n) is 3.52. The average molecular weight is 271 g/mol. The molecule has 0 spiro atoms. The van der Waals surface area contributed by atoms with Gasteiger partial charge in [-0.25, -0.2) is 0 Å². The second-order valence-corrected chi connectivity index (χ2v) is 5.27. The average Bonchev–Trinajstić information content (AvgIpc) is 2.98. The van der Waals surface area contributed by atoms with Crippen molar-refractivity contribution in [2.45, 2.75) is 19.3 Å². The number of piperidine rings is 1. The van der Waals surface area contributed by atoms with E-state index in [9.17, 15) is 0 Å². The van der Waals surface area contributed by atoms with Crippen molar-refractivity contribution in [1.29, 1.82) is 0 Å². The lowest BCUT2D eigenvalue weighted by molar-refractivity contribution is 0.342. The molecule has 0 aliphatic carbocycles. The largest absolute Gasteiger partial charge is 0.454 e. The summed E-state index contributed by atoms with van der Waals surface area (Å²) in [7, 11) is 0. The maximum atomic E-state index is 5.90. The highest BCUT2D eigenvalue weighted by molar-refractivity contribution is 7.80. The molecule has 0 unspecified atom stereocenters. The third-order valence-corrected chi connectivity index (χ3v) is 3.98. The van der Waals surface area contributed by atoms with Crippen LogP contribution in [0, 0.1) is 0 Å². The van der Waals surface area contributed by atoms with Gasteiger partial charge in [0.2, 0.25) is 0 Å². The number of likely N-dealkylation sites (tertiary alicyclic amines) is 1. The van der Waals surface area contributed by atoms with Crippen LogP contribution in [0.5, 0.6) is 0 Å². The second-order valence-electron chi connectivity index (χ2n) is 4.88. The first-order valence-electron chi connectivity index (χ1n) is 6.79. The van der Waals surface area contributed by atoms with Crippen LogP contribution in [0.3, 0.4) is 0 Å². The van der Waals surface area contributed by atoms with E-state index in [1.807, 2.05) is 42.5 Å². The standard InChI is InChI=1S/C16H17NOS/c19-16(17-11-5-2-6-12-17)15-10-9-14(18-15)13-7-3-1-4-8-13/h1,3-4,7-10H,2,5-6,11-12H2. The molecule has 1 aromatic carbocycles. The van der Waals surface area contributed by atoms with E-state index in [-0.39, 0.29) is 0 Å². The number of thiocarbonyl (C=S) groups is 1. The first-order chi connectivity index (χ1) is 9.34. The van der Waals surface area contributed by atoms with Crippen LogP contribution in [0.15, 0.2) is 46.9 Å². The highest BCUT2D eigenvalue weighted by Crippen LogP contribution is 2.23. The van der Waals surface area contributed by atoms with Crippen molar-refractivity contribution in [2.24, 2.45) is 0 Å². The zero-order valence-corrected chi connectivity index (χ0v) is 11.7.